The third-order valence-electron chi connectivity index (χ3n) is 3.91. The lowest BCUT2D eigenvalue weighted by molar-refractivity contribution is -0.124. The van der Waals surface area contributed by atoms with E-state index in [4.69, 9.17) is 0 Å². The molecule has 3 rings (SSSR count). The van der Waals surface area contributed by atoms with Gasteiger partial charge in [-0.05, 0) is 35.6 Å². The molecule has 122 valence electrons. The van der Waals surface area contributed by atoms with Crippen LogP contribution in [0.3, 0.4) is 0 Å². The summed E-state index contributed by atoms with van der Waals surface area (Å²) in [6.07, 6.45) is 0.820. The molecule has 3 atom stereocenters. The molecule has 5 nitrogen and oxygen atoms in total. The second kappa shape index (κ2) is 7.18. The zero-order valence-corrected chi connectivity index (χ0v) is 13.5. The van der Waals surface area contributed by atoms with Crippen LogP contribution in [0.25, 0.3) is 0 Å². The Kier molecular flexibility index (Phi) is 5.02. The Morgan fingerprint density at radius 3 is 2.74 bits per heavy atom. The normalized spacial score (nSPS) is 22.0. The van der Waals surface area contributed by atoms with Gasteiger partial charge in [-0.1, -0.05) is 25.1 Å². The number of benzene rings is 1. The van der Waals surface area contributed by atoms with Crippen molar-refractivity contribution in [2.45, 2.75) is 31.5 Å². The van der Waals surface area contributed by atoms with Crippen molar-refractivity contribution in [2.24, 2.45) is 0 Å². The first kappa shape index (κ1) is 16.1. The number of carbonyl (C=O) groups excluding carboxylic acids is 1. The van der Waals surface area contributed by atoms with Crippen LogP contribution in [0.5, 0.6) is 0 Å². The first-order valence-electron chi connectivity index (χ1n) is 7.54. The van der Waals surface area contributed by atoms with E-state index in [0.717, 1.165) is 16.9 Å². The third kappa shape index (κ3) is 3.59. The summed E-state index contributed by atoms with van der Waals surface area (Å²) in [6.45, 7) is 2.04. The molecule has 0 aliphatic carbocycles. The highest BCUT2D eigenvalue weighted by Crippen LogP contribution is 2.24. The molecule has 2 heterocycles. The minimum atomic E-state index is -0.477. The molecule has 1 aliphatic heterocycles. The smallest absolute Gasteiger partial charge is 0.241 e. The van der Waals surface area contributed by atoms with E-state index in [1.807, 2.05) is 24.4 Å². The first-order valence-corrected chi connectivity index (χ1v) is 8.42. The quantitative estimate of drug-likeness (QED) is 0.677. The highest BCUT2D eigenvalue weighted by molar-refractivity contribution is 7.10. The van der Waals surface area contributed by atoms with Crippen molar-refractivity contribution in [3.63, 3.8) is 0 Å². The molecule has 1 aromatic carbocycles. The van der Waals surface area contributed by atoms with Gasteiger partial charge in [0.05, 0.1) is 12.1 Å². The van der Waals surface area contributed by atoms with E-state index in [0.29, 0.717) is 0 Å². The third-order valence-corrected chi connectivity index (χ3v) is 4.90. The molecule has 3 unspecified atom stereocenters. The maximum absolute atomic E-state index is 13.1. The Bertz CT molecular complexity index is 647. The summed E-state index contributed by atoms with van der Waals surface area (Å²) < 4.78 is 13.1. The van der Waals surface area contributed by atoms with Gasteiger partial charge in [0, 0.05) is 4.88 Å². The number of amides is 1. The predicted octanol–water partition coefficient (Wildman–Crippen LogP) is 2.18. The van der Waals surface area contributed by atoms with Gasteiger partial charge >= 0.3 is 0 Å². The summed E-state index contributed by atoms with van der Waals surface area (Å²) in [4.78, 5) is 13.8. The molecule has 1 amide bonds. The van der Waals surface area contributed by atoms with Crippen LogP contribution in [0.4, 0.5) is 4.39 Å². The van der Waals surface area contributed by atoms with Crippen molar-refractivity contribution in [3.05, 3.63) is 58.0 Å². The average molecular weight is 334 g/mol. The molecule has 1 saturated heterocycles. The SMILES string of the molecule is CCC(NC(=O)C1NNNC1c1ccc(F)cc1)c1cccs1. The Morgan fingerprint density at radius 2 is 2.09 bits per heavy atom. The fraction of sp³-hybridized carbons (Fsp3) is 0.312. The highest BCUT2D eigenvalue weighted by Gasteiger charge is 2.34. The minimum absolute atomic E-state index is 0.00114. The Hall–Kier alpha value is -1.80. The summed E-state index contributed by atoms with van der Waals surface area (Å²) in [5.41, 5.74) is 9.57. The lowest BCUT2D eigenvalue weighted by atomic mass is 9.99. The first-order chi connectivity index (χ1) is 11.2. The maximum atomic E-state index is 13.1. The molecule has 7 heteroatoms. The predicted molar refractivity (Wildman–Crippen MR) is 87.8 cm³/mol. The van der Waals surface area contributed by atoms with Crippen molar-refractivity contribution < 1.29 is 9.18 Å². The summed E-state index contributed by atoms with van der Waals surface area (Å²) in [7, 11) is 0. The fourth-order valence-electron chi connectivity index (χ4n) is 2.65. The van der Waals surface area contributed by atoms with Gasteiger partial charge in [0.15, 0.2) is 0 Å². The summed E-state index contributed by atoms with van der Waals surface area (Å²) >= 11 is 1.63. The molecule has 1 aromatic heterocycles. The van der Waals surface area contributed by atoms with Crippen LogP contribution in [0, 0.1) is 5.82 Å². The molecular weight excluding hydrogens is 315 g/mol. The zero-order valence-electron chi connectivity index (χ0n) is 12.7. The van der Waals surface area contributed by atoms with Gasteiger partial charge in [-0.2, -0.15) is 5.53 Å². The van der Waals surface area contributed by atoms with Crippen LogP contribution in [-0.4, -0.2) is 11.9 Å². The lowest BCUT2D eigenvalue weighted by Gasteiger charge is -2.21. The van der Waals surface area contributed by atoms with Crippen LogP contribution < -0.4 is 21.7 Å². The summed E-state index contributed by atoms with van der Waals surface area (Å²) in [5, 5.41) is 5.08. The van der Waals surface area contributed by atoms with Gasteiger partial charge in [-0.15, -0.1) is 11.3 Å². The number of thiophene rings is 1. The van der Waals surface area contributed by atoms with Gasteiger partial charge in [0.2, 0.25) is 5.91 Å². The van der Waals surface area contributed by atoms with E-state index in [-0.39, 0.29) is 23.8 Å². The molecule has 0 spiro atoms. The standard InChI is InChI=1S/C16H19FN4OS/c1-2-12(13-4-3-9-23-13)18-16(22)15-14(19-21-20-15)10-5-7-11(17)8-6-10/h3-9,12,14-15,19-21H,2H2,1H3,(H,18,22). The van der Waals surface area contributed by atoms with E-state index < -0.39 is 6.04 Å². The van der Waals surface area contributed by atoms with Gasteiger partial charge in [0.1, 0.15) is 11.9 Å². The Labute approximate surface area is 138 Å². The Balaban J connectivity index is 1.71. The number of rotatable bonds is 5. The van der Waals surface area contributed by atoms with Gasteiger partial charge in [-0.3, -0.25) is 4.79 Å². The lowest BCUT2D eigenvalue weighted by Crippen LogP contribution is -2.46. The van der Waals surface area contributed by atoms with Crippen molar-refractivity contribution in [1.29, 1.82) is 0 Å². The van der Waals surface area contributed by atoms with Crippen molar-refractivity contribution in [2.75, 3.05) is 0 Å². The van der Waals surface area contributed by atoms with E-state index in [9.17, 15) is 9.18 Å². The second-order valence-corrected chi connectivity index (χ2v) is 6.38. The van der Waals surface area contributed by atoms with Gasteiger partial charge in [-0.25, -0.2) is 15.2 Å². The molecule has 4 N–H and O–H groups in total. The number of hydrazine groups is 2. The van der Waals surface area contributed by atoms with Gasteiger partial charge < -0.3 is 5.32 Å². The Morgan fingerprint density at radius 1 is 1.30 bits per heavy atom. The van der Waals surface area contributed by atoms with Crippen LogP contribution in [0.2, 0.25) is 0 Å². The molecule has 2 aromatic rings. The van der Waals surface area contributed by atoms with Crippen LogP contribution >= 0.6 is 11.3 Å². The van der Waals surface area contributed by atoms with Gasteiger partial charge in [0.25, 0.3) is 0 Å². The second-order valence-electron chi connectivity index (χ2n) is 5.41. The largest absolute Gasteiger partial charge is 0.347 e. The summed E-state index contributed by atoms with van der Waals surface area (Å²) in [6, 6.07) is 9.40. The van der Waals surface area contributed by atoms with Crippen LogP contribution in [0.15, 0.2) is 41.8 Å². The van der Waals surface area contributed by atoms with Crippen LogP contribution in [0.1, 0.15) is 35.9 Å². The van der Waals surface area contributed by atoms with E-state index in [1.165, 1.54) is 12.1 Å². The highest BCUT2D eigenvalue weighted by atomic mass is 32.1. The topological polar surface area (TPSA) is 65.2 Å². The molecular formula is C16H19FN4OS. The number of halogens is 1. The minimum Gasteiger partial charge on any atom is -0.347 e. The molecule has 1 fully saturated rings. The monoisotopic (exact) mass is 334 g/mol. The number of carbonyl (C=O) groups is 1. The molecule has 23 heavy (non-hydrogen) atoms. The molecule has 0 saturated carbocycles. The van der Waals surface area contributed by atoms with Crippen LogP contribution in [-0.2, 0) is 4.79 Å². The van der Waals surface area contributed by atoms with Crippen molar-refractivity contribution >= 4 is 17.2 Å². The zero-order chi connectivity index (χ0) is 16.2. The number of hydrogen-bond donors (Lipinski definition) is 4. The molecule has 0 radical (unpaired) electrons. The van der Waals surface area contributed by atoms with E-state index in [1.54, 1.807) is 23.5 Å². The van der Waals surface area contributed by atoms with E-state index in [2.05, 4.69) is 21.7 Å². The maximum Gasteiger partial charge on any atom is 0.241 e. The number of nitrogens with one attached hydrogen (secondary N) is 4. The molecule has 0 bridgehead atoms. The van der Waals surface area contributed by atoms with E-state index >= 15 is 0 Å². The van der Waals surface area contributed by atoms with Crippen molar-refractivity contribution in [3.8, 4) is 0 Å². The number of hydrogen-bond acceptors (Lipinski definition) is 5. The fourth-order valence-corrected chi connectivity index (χ4v) is 3.51. The summed E-state index contributed by atoms with van der Waals surface area (Å²) in [5.74, 6) is -0.394. The average Bonchev–Trinajstić information content (AvgIpc) is 3.24. The van der Waals surface area contributed by atoms with Crippen molar-refractivity contribution in [1.82, 2.24) is 21.7 Å². The molecule has 1 aliphatic rings.